The molecule has 1 aliphatic carbocycles. The fourth-order valence-electron chi connectivity index (χ4n) is 3.60. The van der Waals surface area contributed by atoms with Crippen LogP contribution in [0.2, 0.25) is 0 Å². The molecule has 4 nitrogen and oxygen atoms in total. The third-order valence-electron chi connectivity index (χ3n) is 5.02. The lowest BCUT2D eigenvalue weighted by Gasteiger charge is -2.29. The number of nitrogens with two attached hydrogens (primary N) is 1. The molecule has 1 heterocycles. The average molecular weight is 303 g/mol. The van der Waals surface area contributed by atoms with Crippen LogP contribution in [0.1, 0.15) is 41.8 Å². The maximum absolute atomic E-state index is 14.8. The van der Waals surface area contributed by atoms with Gasteiger partial charge in [0.05, 0.1) is 5.69 Å². The van der Waals surface area contributed by atoms with Gasteiger partial charge in [0.15, 0.2) is 0 Å². The third kappa shape index (κ3) is 2.20. The van der Waals surface area contributed by atoms with Crippen molar-refractivity contribution in [1.29, 1.82) is 0 Å². The van der Waals surface area contributed by atoms with Gasteiger partial charge >= 0.3 is 0 Å². The van der Waals surface area contributed by atoms with E-state index in [0.29, 0.717) is 17.7 Å². The molecule has 1 saturated heterocycles. The molecule has 0 radical (unpaired) electrons. The van der Waals surface area contributed by atoms with Crippen LogP contribution in [0.4, 0.5) is 10.1 Å². The molecule has 3 rings (SSSR count). The number of halogens is 1. The molecule has 0 aromatic heterocycles. The van der Waals surface area contributed by atoms with Crippen molar-refractivity contribution >= 4 is 17.2 Å². The van der Waals surface area contributed by atoms with Crippen LogP contribution >= 0.6 is 0 Å². The average Bonchev–Trinajstić information content (AvgIpc) is 3.08. The predicted octanol–water partition coefficient (Wildman–Crippen LogP) is 2.07. The zero-order valence-corrected chi connectivity index (χ0v) is 13.3. The number of likely N-dealkylation sites (N-methyl/N-ethyl adjacent to an activating group) is 1. The first kappa shape index (κ1) is 15.0. The SMILES string of the molecule is CC1=C(C)c2c(c(C(N)=O)cc(F)c2N(C)C2CCNC2)C1. The highest BCUT2D eigenvalue weighted by Crippen LogP contribution is 2.42. The fraction of sp³-hybridized carbons (Fsp3) is 0.471. The number of carbonyl (C=O) groups is 1. The molecule has 1 atom stereocenters. The van der Waals surface area contributed by atoms with Crippen LogP contribution in [0.25, 0.3) is 5.57 Å². The summed E-state index contributed by atoms with van der Waals surface area (Å²) in [7, 11) is 1.93. The molecule has 1 amide bonds. The van der Waals surface area contributed by atoms with Crippen LogP contribution in [0, 0.1) is 5.82 Å². The van der Waals surface area contributed by atoms with E-state index >= 15 is 0 Å². The van der Waals surface area contributed by atoms with Gasteiger partial charge in [-0.25, -0.2) is 4.39 Å². The van der Waals surface area contributed by atoms with Gasteiger partial charge in [0.2, 0.25) is 5.91 Å². The van der Waals surface area contributed by atoms with E-state index in [1.54, 1.807) is 0 Å². The van der Waals surface area contributed by atoms with E-state index in [-0.39, 0.29) is 11.9 Å². The molecule has 1 aromatic carbocycles. The van der Waals surface area contributed by atoms with Gasteiger partial charge in [-0.05, 0) is 50.4 Å². The van der Waals surface area contributed by atoms with Crippen LogP contribution in [-0.2, 0) is 6.42 Å². The maximum atomic E-state index is 14.8. The minimum atomic E-state index is -0.561. The first-order chi connectivity index (χ1) is 10.4. The van der Waals surface area contributed by atoms with E-state index in [1.165, 1.54) is 11.6 Å². The van der Waals surface area contributed by atoms with Gasteiger partial charge in [-0.1, -0.05) is 5.57 Å². The number of amides is 1. The summed E-state index contributed by atoms with van der Waals surface area (Å²) in [4.78, 5) is 13.7. The highest BCUT2D eigenvalue weighted by Gasteiger charge is 2.31. The van der Waals surface area contributed by atoms with Crippen LogP contribution in [0.5, 0.6) is 0 Å². The van der Waals surface area contributed by atoms with Gasteiger partial charge in [0, 0.05) is 30.8 Å². The van der Waals surface area contributed by atoms with Crippen molar-refractivity contribution in [3.63, 3.8) is 0 Å². The Labute approximate surface area is 130 Å². The maximum Gasteiger partial charge on any atom is 0.249 e. The van der Waals surface area contributed by atoms with Crippen molar-refractivity contribution in [3.8, 4) is 0 Å². The van der Waals surface area contributed by atoms with Crippen molar-refractivity contribution in [3.05, 3.63) is 34.1 Å². The van der Waals surface area contributed by atoms with E-state index in [9.17, 15) is 9.18 Å². The van der Waals surface area contributed by atoms with E-state index in [4.69, 9.17) is 5.73 Å². The van der Waals surface area contributed by atoms with Crippen molar-refractivity contribution in [2.24, 2.45) is 5.73 Å². The normalized spacial score (nSPS) is 20.5. The van der Waals surface area contributed by atoms with E-state index in [0.717, 1.165) is 36.2 Å². The largest absolute Gasteiger partial charge is 0.367 e. The van der Waals surface area contributed by atoms with Gasteiger partial charge in [0.25, 0.3) is 0 Å². The van der Waals surface area contributed by atoms with Crippen LogP contribution in [0.3, 0.4) is 0 Å². The second-order valence-electron chi connectivity index (χ2n) is 6.31. The summed E-state index contributed by atoms with van der Waals surface area (Å²) in [6.07, 6.45) is 1.66. The number of carbonyl (C=O) groups excluding carboxylic acids is 1. The number of fused-ring (bicyclic) bond motifs is 1. The van der Waals surface area contributed by atoms with E-state index in [2.05, 4.69) is 5.32 Å². The lowest BCUT2D eigenvalue weighted by atomic mass is 9.96. The summed E-state index contributed by atoms with van der Waals surface area (Å²) in [5.74, 6) is -0.926. The number of allylic oxidation sites excluding steroid dienone is 2. The van der Waals surface area contributed by atoms with Crippen LogP contribution < -0.4 is 16.0 Å². The fourth-order valence-corrected chi connectivity index (χ4v) is 3.60. The van der Waals surface area contributed by atoms with E-state index < -0.39 is 5.91 Å². The summed E-state index contributed by atoms with van der Waals surface area (Å²) in [6, 6.07) is 1.58. The zero-order chi connectivity index (χ0) is 16.0. The lowest BCUT2D eigenvalue weighted by Crippen LogP contribution is -2.35. The Morgan fingerprint density at radius 2 is 2.18 bits per heavy atom. The molecule has 3 N–H and O–H groups in total. The molecule has 0 spiro atoms. The summed E-state index contributed by atoms with van der Waals surface area (Å²) < 4.78 is 14.8. The lowest BCUT2D eigenvalue weighted by molar-refractivity contribution is 0.0999. The Morgan fingerprint density at radius 1 is 1.45 bits per heavy atom. The second kappa shape index (κ2) is 5.39. The first-order valence-electron chi connectivity index (χ1n) is 7.67. The quantitative estimate of drug-likeness (QED) is 0.899. The molecular weight excluding hydrogens is 281 g/mol. The summed E-state index contributed by atoms with van der Waals surface area (Å²) in [5.41, 5.74) is 10.3. The number of nitrogens with one attached hydrogen (secondary N) is 1. The standard InChI is InChI=1S/C17H22FN3O/c1-9-6-12-13(17(19)22)7-14(18)16(15(12)10(9)2)21(3)11-4-5-20-8-11/h7,11,20H,4-6,8H2,1-3H3,(H2,19,22). The number of benzene rings is 1. The number of hydrogen-bond acceptors (Lipinski definition) is 3. The Bertz CT molecular complexity index is 675. The molecule has 5 heteroatoms. The minimum absolute atomic E-state index is 0.270. The molecule has 2 aliphatic rings. The van der Waals surface area contributed by atoms with Gasteiger partial charge in [-0.2, -0.15) is 0 Å². The molecule has 0 saturated carbocycles. The zero-order valence-electron chi connectivity index (χ0n) is 13.3. The number of primary amides is 1. The van der Waals surface area contributed by atoms with Gasteiger partial charge < -0.3 is 16.0 Å². The van der Waals surface area contributed by atoms with Crippen LogP contribution in [0.15, 0.2) is 11.6 Å². The van der Waals surface area contributed by atoms with Crippen molar-refractivity contribution in [2.45, 2.75) is 32.7 Å². The highest BCUT2D eigenvalue weighted by molar-refractivity contribution is 5.99. The highest BCUT2D eigenvalue weighted by atomic mass is 19.1. The van der Waals surface area contributed by atoms with Crippen molar-refractivity contribution < 1.29 is 9.18 Å². The molecule has 22 heavy (non-hydrogen) atoms. The molecule has 1 aromatic rings. The van der Waals surface area contributed by atoms with Gasteiger partial charge in [-0.15, -0.1) is 0 Å². The predicted molar refractivity (Wildman–Crippen MR) is 86.6 cm³/mol. The third-order valence-corrected chi connectivity index (χ3v) is 5.02. The Morgan fingerprint density at radius 3 is 2.77 bits per heavy atom. The number of anilines is 1. The van der Waals surface area contributed by atoms with Crippen molar-refractivity contribution in [1.82, 2.24) is 5.32 Å². The molecule has 0 bridgehead atoms. The smallest absolute Gasteiger partial charge is 0.249 e. The topological polar surface area (TPSA) is 58.4 Å². The summed E-state index contributed by atoms with van der Waals surface area (Å²) in [5, 5.41) is 3.31. The van der Waals surface area contributed by atoms with Crippen LogP contribution in [-0.4, -0.2) is 32.1 Å². The molecule has 1 fully saturated rings. The van der Waals surface area contributed by atoms with Crippen molar-refractivity contribution in [2.75, 3.05) is 25.0 Å². The summed E-state index contributed by atoms with van der Waals surface area (Å²) >= 11 is 0. The Balaban J connectivity index is 2.18. The first-order valence-corrected chi connectivity index (χ1v) is 7.67. The minimum Gasteiger partial charge on any atom is -0.367 e. The Hall–Kier alpha value is -1.88. The molecular formula is C17H22FN3O. The monoisotopic (exact) mass is 303 g/mol. The number of hydrogen-bond donors (Lipinski definition) is 2. The number of rotatable bonds is 3. The Kier molecular flexibility index (Phi) is 3.68. The molecule has 118 valence electrons. The molecule has 1 unspecified atom stereocenters. The van der Waals surface area contributed by atoms with E-state index in [1.807, 2.05) is 25.8 Å². The second-order valence-corrected chi connectivity index (χ2v) is 6.31. The number of nitrogens with zero attached hydrogens (tertiary/aromatic N) is 1. The summed E-state index contributed by atoms with van der Waals surface area (Å²) in [6.45, 7) is 5.82. The van der Waals surface area contributed by atoms with Gasteiger partial charge in [-0.3, -0.25) is 4.79 Å². The molecule has 1 aliphatic heterocycles. The van der Waals surface area contributed by atoms with Gasteiger partial charge in [0.1, 0.15) is 5.82 Å².